The monoisotopic (exact) mass is 227 g/mol. The zero-order chi connectivity index (χ0) is 9.26. The van der Waals surface area contributed by atoms with Crippen LogP contribution >= 0.6 is 12.2 Å². The summed E-state index contributed by atoms with van der Waals surface area (Å²) in [6, 6.07) is 10.0. The molecule has 0 fully saturated rings. The van der Waals surface area contributed by atoms with Crippen LogP contribution in [-0.2, 0) is 7.05 Å². The van der Waals surface area contributed by atoms with E-state index >= 15 is 0 Å². The van der Waals surface area contributed by atoms with Crippen LogP contribution in [0.3, 0.4) is 0 Å². The van der Waals surface area contributed by atoms with Crippen LogP contribution < -0.4 is 17.0 Å². The van der Waals surface area contributed by atoms with Crippen LogP contribution in [0.25, 0.3) is 5.69 Å². The summed E-state index contributed by atoms with van der Waals surface area (Å²) >= 11 is 5.06. The van der Waals surface area contributed by atoms with Gasteiger partial charge in [0.1, 0.15) is 5.69 Å². The van der Waals surface area contributed by atoms with E-state index in [4.69, 9.17) is 12.2 Å². The number of nitrogens with zero attached hydrogens (tertiary/aromatic N) is 2. The van der Waals surface area contributed by atoms with E-state index in [1.54, 1.807) is 0 Å². The number of benzene rings is 1. The second kappa shape index (κ2) is 4.39. The SMILES string of the molecule is C[n+]1cn(-c2ccccc2)[nH]c1=S.[Cl-]. The molecule has 1 heterocycles. The van der Waals surface area contributed by atoms with E-state index < -0.39 is 0 Å². The molecule has 0 aliphatic carbocycles. The summed E-state index contributed by atoms with van der Waals surface area (Å²) in [4.78, 5) is 0. The van der Waals surface area contributed by atoms with E-state index in [0.29, 0.717) is 4.77 Å². The van der Waals surface area contributed by atoms with E-state index in [1.165, 1.54) is 0 Å². The zero-order valence-electron chi connectivity index (χ0n) is 7.64. The lowest BCUT2D eigenvalue weighted by Gasteiger charge is -1.91. The molecule has 5 heteroatoms. The highest BCUT2D eigenvalue weighted by atomic mass is 35.5. The van der Waals surface area contributed by atoms with Gasteiger partial charge in [-0.2, -0.15) is 0 Å². The summed E-state index contributed by atoms with van der Waals surface area (Å²) in [5, 5.41) is 3.06. The standard InChI is InChI=1S/C9H9N3S.ClH/c1-11-7-12(10-9(11)13)8-5-3-2-4-6-8;/h2-7H,1H3;1H. The number of para-hydroxylation sites is 1. The van der Waals surface area contributed by atoms with Crippen LogP contribution in [-0.4, -0.2) is 9.78 Å². The number of hydrogen-bond donors (Lipinski definition) is 1. The number of halogens is 1. The van der Waals surface area contributed by atoms with Crippen molar-refractivity contribution in [1.29, 1.82) is 0 Å². The maximum absolute atomic E-state index is 5.06. The lowest BCUT2D eigenvalue weighted by Crippen LogP contribution is -3.00. The maximum Gasteiger partial charge on any atom is 0.323 e. The highest BCUT2D eigenvalue weighted by Crippen LogP contribution is 2.02. The Bertz CT molecular complexity index is 460. The third-order valence-electron chi connectivity index (χ3n) is 1.86. The number of aromatic amines is 1. The van der Waals surface area contributed by atoms with Gasteiger partial charge in [-0.05, 0) is 24.4 Å². The molecule has 14 heavy (non-hydrogen) atoms. The highest BCUT2D eigenvalue weighted by molar-refractivity contribution is 7.71. The fraction of sp³-hybridized carbons (Fsp3) is 0.111. The quantitative estimate of drug-likeness (QED) is 0.459. The molecule has 0 amide bonds. The molecule has 1 aromatic heterocycles. The normalized spacial score (nSPS) is 9.50. The Balaban J connectivity index is 0.000000980. The van der Waals surface area contributed by atoms with Gasteiger partial charge in [-0.3, -0.25) is 0 Å². The van der Waals surface area contributed by atoms with Crippen LogP contribution in [0, 0.1) is 4.77 Å². The second-order valence-electron chi connectivity index (χ2n) is 2.85. The highest BCUT2D eigenvalue weighted by Gasteiger charge is 2.03. The Labute approximate surface area is 93.4 Å². The lowest BCUT2D eigenvalue weighted by atomic mass is 10.3. The first-order chi connectivity index (χ1) is 6.27. The number of rotatable bonds is 1. The van der Waals surface area contributed by atoms with Crippen molar-refractivity contribution in [2.75, 3.05) is 0 Å². The zero-order valence-corrected chi connectivity index (χ0v) is 9.22. The molecule has 0 atom stereocenters. The number of nitrogens with one attached hydrogen (secondary N) is 1. The largest absolute Gasteiger partial charge is 1.00 e. The van der Waals surface area contributed by atoms with Crippen molar-refractivity contribution >= 4 is 12.2 Å². The molecule has 2 aromatic rings. The van der Waals surface area contributed by atoms with Gasteiger partial charge in [0, 0.05) is 0 Å². The predicted molar refractivity (Wildman–Crippen MR) is 52.1 cm³/mol. The molecule has 74 valence electrons. The first-order valence-electron chi connectivity index (χ1n) is 4.00. The summed E-state index contributed by atoms with van der Waals surface area (Å²) < 4.78 is 4.47. The molecule has 1 N–H and O–H groups in total. The van der Waals surface area contributed by atoms with E-state index in [0.717, 1.165) is 5.69 Å². The molecular weight excluding hydrogens is 218 g/mol. The average molecular weight is 228 g/mol. The van der Waals surface area contributed by atoms with Gasteiger partial charge < -0.3 is 12.4 Å². The van der Waals surface area contributed by atoms with Crippen LogP contribution in [0.15, 0.2) is 36.7 Å². The summed E-state index contributed by atoms with van der Waals surface area (Å²) in [6.45, 7) is 0. The van der Waals surface area contributed by atoms with Gasteiger partial charge in [0.2, 0.25) is 6.33 Å². The van der Waals surface area contributed by atoms with Crippen molar-refractivity contribution in [1.82, 2.24) is 9.78 Å². The van der Waals surface area contributed by atoms with Crippen molar-refractivity contribution in [2.24, 2.45) is 7.05 Å². The molecular formula is C9H10ClN3S. The molecule has 1 aromatic carbocycles. The number of H-pyrrole nitrogens is 1. The van der Waals surface area contributed by atoms with Crippen molar-refractivity contribution in [3.8, 4) is 5.69 Å². The Kier molecular flexibility index (Phi) is 3.43. The van der Waals surface area contributed by atoms with Crippen LogP contribution in [0.5, 0.6) is 0 Å². The maximum atomic E-state index is 5.06. The number of aryl methyl sites for hydroxylation is 1. The molecule has 0 bridgehead atoms. The Hall–Kier alpha value is -1.13. The molecule has 0 aliphatic rings. The Morgan fingerprint density at radius 3 is 2.43 bits per heavy atom. The van der Waals surface area contributed by atoms with Crippen LogP contribution in [0.1, 0.15) is 0 Å². The smallest absolute Gasteiger partial charge is 0.323 e. The Morgan fingerprint density at radius 1 is 1.29 bits per heavy atom. The van der Waals surface area contributed by atoms with Gasteiger partial charge in [-0.15, -0.1) is 9.78 Å². The van der Waals surface area contributed by atoms with Crippen LogP contribution in [0.4, 0.5) is 0 Å². The molecule has 3 nitrogen and oxygen atoms in total. The minimum atomic E-state index is 0. The summed E-state index contributed by atoms with van der Waals surface area (Å²) in [5.41, 5.74) is 1.08. The van der Waals surface area contributed by atoms with Crippen molar-refractivity contribution in [3.05, 3.63) is 41.4 Å². The fourth-order valence-corrected chi connectivity index (χ4v) is 1.30. The summed E-state index contributed by atoms with van der Waals surface area (Å²) in [6.07, 6.45) is 1.91. The average Bonchev–Trinajstić information content (AvgIpc) is 2.49. The van der Waals surface area contributed by atoms with Gasteiger partial charge in [-0.1, -0.05) is 18.2 Å². The van der Waals surface area contributed by atoms with Crippen LogP contribution in [0.2, 0.25) is 0 Å². The van der Waals surface area contributed by atoms with Gasteiger partial charge in [-0.25, -0.2) is 4.57 Å². The topological polar surface area (TPSA) is 24.6 Å². The van der Waals surface area contributed by atoms with Gasteiger partial charge >= 0.3 is 4.77 Å². The number of aromatic nitrogens is 3. The summed E-state index contributed by atoms with van der Waals surface area (Å²) in [7, 11) is 1.91. The predicted octanol–water partition coefficient (Wildman–Crippen LogP) is -1.64. The molecule has 0 saturated carbocycles. The molecule has 0 radical (unpaired) electrons. The van der Waals surface area contributed by atoms with Crippen molar-refractivity contribution < 1.29 is 17.0 Å². The second-order valence-corrected chi connectivity index (χ2v) is 3.24. The first kappa shape index (κ1) is 10.9. The van der Waals surface area contributed by atoms with Gasteiger partial charge in [0.25, 0.3) is 0 Å². The van der Waals surface area contributed by atoms with Gasteiger partial charge in [0.05, 0.1) is 7.05 Å². The van der Waals surface area contributed by atoms with Crippen molar-refractivity contribution in [3.63, 3.8) is 0 Å². The van der Waals surface area contributed by atoms with Crippen molar-refractivity contribution in [2.45, 2.75) is 0 Å². The number of hydrogen-bond acceptors (Lipinski definition) is 1. The third-order valence-corrected chi connectivity index (χ3v) is 2.24. The first-order valence-corrected chi connectivity index (χ1v) is 4.41. The van der Waals surface area contributed by atoms with E-state index in [-0.39, 0.29) is 12.4 Å². The van der Waals surface area contributed by atoms with E-state index in [9.17, 15) is 0 Å². The minimum Gasteiger partial charge on any atom is -1.00 e. The third kappa shape index (κ3) is 2.02. The molecule has 0 spiro atoms. The minimum absolute atomic E-state index is 0. The molecule has 0 unspecified atom stereocenters. The molecule has 2 rings (SSSR count). The fourth-order valence-electron chi connectivity index (χ4n) is 1.16. The molecule has 0 saturated heterocycles. The van der Waals surface area contributed by atoms with E-state index in [1.807, 2.05) is 53.0 Å². The van der Waals surface area contributed by atoms with Gasteiger partial charge in [0.15, 0.2) is 0 Å². The Morgan fingerprint density at radius 2 is 1.93 bits per heavy atom. The summed E-state index contributed by atoms with van der Waals surface area (Å²) in [5.74, 6) is 0. The van der Waals surface area contributed by atoms with E-state index in [2.05, 4.69) is 5.10 Å². The molecule has 0 aliphatic heterocycles. The lowest BCUT2D eigenvalue weighted by molar-refractivity contribution is -0.678.